The van der Waals surface area contributed by atoms with Crippen LogP contribution in [0.15, 0.2) is 91.0 Å². The van der Waals surface area contributed by atoms with Crippen LogP contribution in [-0.4, -0.2) is 43.9 Å². The number of ether oxygens (including phenoxy) is 1. The third-order valence-electron chi connectivity index (χ3n) is 5.38. The van der Waals surface area contributed by atoms with Crippen molar-refractivity contribution in [2.75, 3.05) is 13.2 Å². The predicted octanol–water partition coefficient (Wildman–Crippen LogP) is 2.94. The first kappa shape index (κ1) is 25.3. The highest BCUT2D eigenvalue weighted by atomic mass is 31.2. The summed E-state index contributed by atoms with van der Waals surface area (Å²) in [5, 5.41) is 5.31. The second kappa shape index (κ2) is 12.2. The minimum absolute atomic E-state index is 0.0721. The summed E-state index contributed by atoms with van der Waals surface area (Å²) >= 11 is 0. The molecule has 2 radical (unpaired) electrons. The van der Waals surface area contributed by atoms with Gasteiger partial charge in [-0.25, -0.2) is 4.79 Å². The molecule has 3 aromatic rings. The molecule has 3 aromatic carbocycles. The molecular formula is C27H27BNO4P. The first-order valence-corrected chi connectivity index (χ1v) is 13.0. The SMILES string of the molecule is [B]C(=O)NCCCC(=O)C(C(=O)OCC)=P(c1ccccc1)(c1ccccc1)c1ccccc1. The first-order valence-electron chi connectivity index (χ1n) is 11.2. The lowest BCUT2D eigenvalue weighted by atomic mass is 10.1. The summed E-state index contributed by atoms with van der Waals surface area (Å²) in [7, 11) is 5.15. The minimum Gasteiger partial charge on any atom is -0.462 e. The molecule has 0 atom stereocenters. The van der Waals surface area contributed by atoms with E-state index >= 15 is 0 Å². The van der Waals surface area contributed by atoms with Gasteiger partial charge in [0, 0.05) is 13.0 Å². The molecule has 172 valence electrons. The van der Waals surface area contributed by atoms with Crippen molar-refractivity contribution in [1.29, 1.82) is 0 Å². The van der Waals surface area contributed by atoms with Crippen LogP contribution in [0.2, 0.25) is 0 Å². The molecule has 0 aliphatic heterocycles. The average molecular weight is 471 g/mol. The summed E-state index contributed by atoms with van der Waals surface area (Å²) in [5.74, 6) is -1.56. The summed E-state index contributed by atoms with van der Waals surface area (Å²) in [6.07, 6.45) is 0.422. The molecule has 0 aliphatic rings. The quantitative estimate of drug-likeness (QED) is 0.162. The van der Waals surface area contributed by atoms with Crippen molar-refractivity contribution in [3.63, 3.8) is 0 Å². The van der Waals surface area contributed by atoms with E-state index in [0.717, 1.165) is 15.9 Å². The largest absolute Gasteiger partial charge is 0.462 e. The molecule has 0 fully saturated rings. The van der Waals surface area contributed by atoms with Gasteiger partial charge in [0.25, 0.3) is 0 Å². The molecule has 5 nitrogen and oxygen atoms in total. The molecule has 0 saturated heterocycles. The number of esters is 1. The van der Waals surface area contributed by atoms with E-state index in [1.807, 2.05) is 91.0 Å². The van der Waals surface area contributed by atoms with Crippen molar-refractivity contribution < 1.29 is 19.1 Å². The van der Waals surface area contributed by atoms with Gasteiger partial charge in [-0.2, -0.15) is 0 Å². The summed E-state index contributed by atoms with van der Waals surface area (Å²) in [4.78, 5) is 38.4. The number of hydrogen-bond donors (Lipinski definition) is 1. The standard InChI is InChI=1S/C27H27BNO4P/c1-2-33-26(31)25(24(30)19-12-20-29-27(28)32)34(21-13-6-3-7-14-21,22-15-8-4-9-16-22)23-17-10-5-11-18-23/h3-11,13-18H,2,12,19-20H2,1H3,(H,29,32). The number of carbonyl (C=O) groups excluding carboxylic acids is 3. The Kier molecular flexibility index (Phi) is 9.06. The third-order valence-corrected chi connectivity index (χ3v) is 9.70. The zero-order chi connectivity index (χ0) is 24.4. The van der Waals surface area contributed by atoms with Crippen molar-refractivity contribution in [3.05, 3.63) is 91.0 Å². The van der Waals surface area contributed by atoms with Crippen LogP contribution in [0.4, 0.5) is 4.79 Å². The maximum Gasteiger partial charge on any atom is 0.342 e. The predicted molar refractivity (Wildman–Crippen MR) is 140 cm³/mol. The molecule has 0 bridgehead atoms. The topological polar surface area (TPSA) is 72.5 Å². The number of nitrogens with one attached hydrogen (secondary N) is 1. The van der Waals surface area contributed by atoms with E-state index in [1.165, 1.54) is 0 Å². The maximum atomic E-state index is 13.8. The second-order valence-electron chi connectivity index (χ2n) is 7.56. The smallest absolute Gasteiger partial charge is 0.342 e. The van der Waals surface area contributed by atoms with Crippen LogP contribution in [0.25, 0.3) is 0 Å². The lowest BCUT2D eigenvalue weighted by Crippen LogP contribution is -2.38. The van der Waals surface area contributed by atoms with Gasteiger partial charge in [-0.15, -0.1) is 0 Å². The lowest BCUT2D eigenvalue weighted by Gasteiger charge is -2.31. The number of ketones is 1. The maximum absolute atomic E-state index is 13.8. The fourth-order valence-electron chi connectivity index (χ4n) is 4.01. The van der Waals surface area contributed by atoms with Gasteiger partial charge in [-0.05, 0) is 36.1 Å². The van der Waals surface area contributed by atoms with Crippen LogP contribution >= 0.6 is 6.89 Å². The van der Waals surface area contributed by atoms with E-state index < -0.39 is 18.7 Å². The Bertz CT molecular complexity index is 1080. The van der Waals surface area contributed by atoms with Gasteiger partial charge in [-0.1, -0.05) is 91.0 Å². The Labute approximate surface area is 201 Å². The summed E-state index contributed by atoms with van der Waals surface area (Å²) in [5.41, 5.74) is 0. The summed E-state index contributed by atoms with van der Waals surface area (Å²) < 4.78 is 5.48. The third kappa shape index (κ3) is 5.57. The molecule has 0 saturated carbocycles. The van der Waals surface area contributed by atoms with E-state index in [2.05, 4.69) is 5.32 Å². The van der Waals surface area contributed by atoms with Crippen molar-refractivity contribution in [2.24, 2.45) is 0 Å². The molecule has 3 rings (SSSR count). The highest BCUT2D eigenvalue weighted by Gasteiger charge is 2.37. The van der Waals surface area contributed by atoms with Crippen LogP contribution < -0.4 is 21.2 Å². The van der Waals surface area contributed by atoms with Crippen LogP contribution in [0.5, 0.6) is 0 Å². The molecule has 0 heterocycles. The molecule has 34 heavy (non-hydrogen) atoms. The van der Waals surface area contributed by atoms with Gasteiger partial charge in [0.1, 0.15) is 5.29 Å². The Morgan fingerprint density at radius 3 is 1.62 bits per heavy atom. The van der Waals surface area contributed by atoms with E-state index in [-0.39, 0.29) is 30.6 Å². The Morgan fingerprint density at radius 1 is 0.794 bits per heavy atom. The van der Waals surface area contributed by atoms with Crippen molar-refractivity contribution in [2.45, 2.75) is 19.8 Å². The van der Waals surface area contributed by atoms with Gasteiger partial charge in [-0.3, -0.25) is 9.59 Å². The first-order chi connectivity index (χ1) is 16.5. The van der Waals surface area contributed by atoms with Gasteiger partial charge in [0.2, 0.25) is 0 Å². The van der Waals surface area contributed by atoms with Gasteiger partial charge >= 0.3 is 5.97 Å². The number of amides is 1. The van der Waals surface area contributed by atoms with Crippen molar-refractivity contribution >= 4 is 53.5 Å². The summed E-state index contributed by atoms with van der Waals surface area (Å²) in [6, 6.07) is 29.0. The molecule has 1 N–H and O–H groups in total. The van der Waals surface area contributed by atoms with E-state index in [9.17, 15) is 14.4 Å². The Hall–Kier alpha value is -3.37. The van der Waals surface area contributed by atoms with E-state index in [1.54, 1.807) is 6.92 Å². The number of benzene rings is 3. The second-order valence-corrected chi connectivity index (χ2v) is 10.9. The lowest BCUT2D eigenvalue weighted by molar-refractivity contribution is -0.135. The van der Waals surface area contributed by atoms with Gasteiger partial charge < -0.3 is 10.1 Å². The zero-order valence-corrected chi connectivity index (χ0v) is 20.0. The molecule has 0 unspecified atom stereocenters. The molecule has 0 aliphatic carbocycles. The van der Waals surface area contributed by atoms with Crippen LogP contribution in [0, 0.1) is 0 Å². The molecular weight excluding hydrogens is 444 g/mol. The molecule has 7 heteroatoms. The van der Waals surface area contributed by atoms with Crippen LogP contribution in [0.3, 0.4) is 0 Å². The molecule has 1 amide bonds. The van der Waals surface area contributed by atoms with E-state index in [0.29, 0.717) is 6.42 Å². The van der Waals surface area contributed by atoms with Crippen molar-refractivity contribution in [3.8, 4) is 0 Å². The number of hydrogen-bond acceptors (Lipinski definition) is 4. The van der Waals surface area contributed by atoms with E-state index in [4.69, 9.17) is 12.6 Å². The monoisotopic (exact) mass is 471 g/mol. The van der Waals surface area contributed by atoms with Crippen LogP contribution in [-0.2, 0) is 14.3 Å². The fourth-order valence-corrected chi connectivity index (χ4v) is 8.36. The zero-order valence-electron chi connectivity index (χ0n) is 19.1. The average Bonchev–Trinajstić information content (AvgIpc) is 2.86. The number of carbonyl (C=O) groups is 3. The van der Waals surface area contributed by atoms with Gasteiger partial charge in [0.05, 0.1) is 6.61 Å². The van der Waals surface area contributed by atoms with Gasteiger partial charge in [0.15, 0.2) is 19.4 Å². The highest BCUT2D eigenvalue weighted by molar-refractivity contribution is 7.97. The normalized spacial score (nSPS) is 10.9. The molecule has 0 spiro atoms. The summed E-state index contributed by atoms with van der Waals surface area (Å²) in [6.45, 7) is -0.775. The minimum atomic E-state index is -2.89. The van der Waals surface area contributed by atoms with Crippen molar-refractivity contribution in [1.82, 2.24) is 5.32 Å². The van der Waals surface area contributed by atoms with Crippen LogP contribution in [0.1, 0.15) is 19.8 Å². The number of rotatable bonds is 10. The number of Topliss-reactive ketones (excluding diaryl/α,β-unsaturated/α-hetero) is 1. The highest BCUT2D eigenvalue weighted by Crippen LogP contribution is 2.46. The fraction of sp³-hybridized carbons (Fsp3) is 0.185. The Balaban J connectivity index is 2.39. The Morgan fingerprint density at radius 2 is 1.24 bits per heavy atom. The molecule has 0 aromatic heterocycles.